The van der Waals surface area contributed by atoms with Crippen molar-refractivity contribution in [3.05, 3.63) is 65.4 Å². The average molecular weight is 488 g/mol. The van der Waals surface area contributed by atoms with Gasteiger partial charge < -0.3 is 10.6 Å². The van der Waals surface area contributed by atoms with E-state index in [4.69, 9.17) is 16.7 Å². The van der Waals surface area contributed by atoms with Crippen molar-refractivity contribution < 1.29 is 26.4 Å². The number of nitrogens with two attached hydrogens (primary N) is 1. The Kier molecular flexibility index (Phi) is 6.77. The molecule has 0 atom stereocenters. The number of nitrogens with zero attached hydrogens (tertiary/aromatic N) is 2. The van der Waals surface area contributed by atoms with E-state index in [1.165, 1.54) is 18.3 Å². The Morgan fingerprint density at radius 2 is 1.88 bits per heavy atom. The summed E-state index contributed by atoms with van der Waals surface area (Å²) in [6.45, 7) is -1.28. The molecule has 0 radical (unpaired) electrons. The van der Waals surface area contributed by atoms with Crippen LogP contribution in [-0.4, -0.2) is 36.8 Å². The number of amides is 1. The van der Waals surface area contributed by atoms with Gasteiger partial charge in [0, 0.05) is 10.7 Å². The third-order valence-corrected chi connectivity index (χ3v) is 5.49. The molecule has 0 saturated carbocycles. The molecule has 0 bridgehead atoms. The fourth-order valence-electron chi connectivity index (χ4n) is 2.78. The summed E-state index contributed by atoms with van der Waals surface area (Å²) in [4.78, 5) is 12.0. The summed E-state index contributed by atoms with van der Waals surface area (Å²) in [7, 11) is -4.27. The zero-order valence-electron chi connectivity index (χ0n) is 16.2. The van der Waals surface area contributed by atoms with E-state index in [0.717, 1.165) is 16.9 Å². The molecule has 8 nitrogen and oxygen atoms in total. The van der Waals surface area contributed by atoms with Crippen LogP contribution >= 0.6 is 11.6 Å². The molecule has 32 heavy (non-hydrogen) atoms. The highest BCUT2D eigenvalue weighted by Crippen LogP contribution is 2.25. The summed E-state index contributed by atoms with van der Waals surface area (Å²) >= 11 is 6.04. The fourth-order valence-corrected chi connectivity index (χ4v) is 3.72. The zero-order valence-corrected chi connectivity index (χ0v) is 17.8. The number of hydrogen-bond donors (Lipinski definition) is 3. The number of sulfonamides is 1. The highest BCUT2D eigenvalue weighted by molar-refractivity contribution is 7.89. The van der Waals surface area contributed by atoms with Crippen molar-refractivity contribution in [1.29, 1.82) is 0 Å². The van der Waals surface area contributed by atoms with Gasteiger partial charge in [-0.2, -0.15) is 18.3 Å². The smallest absolute Gasteiger partial charge is 0.374 e. The summed E-state index contributed by atoms with van der Waals surface area (Å²) in [6.07, 6.45) is -2.18. The third kappa shape index (κ3) is 6.22. The lowest BCUT2D eigenvalue weighted by Gasteiger charge is -2.12. The van der Waals surface area contributed by atoms with Gasteiger partial charge in [-0.25, -0.2) is 18.2 Å². The molecule has 3 aromatic rings. The van der Waals surface area contributed by atoms with Crippen LogP contribution in [0.1, 0.15) is 5.56 Å². The number of hydrogen-bond acceptors (Lipinski definition) is 5. The quantitative estimate of drug-likeness (QED) is 0.472. The van der Waals surface area contributed by atoms with E-state index < -0.39 is 28.7 Å². The number of carbonyl (C=O) groups excluding carboxylic acids is 1. The Morgan fingerprint density at radius 3 is 2.53 bits per heavy atom. The van der Waals surface area contributed by atoms with Crippen molar-refractivity contribution in [1.82, 2.24) is 9.78 Å². The first-order chi connectivity index (χ1) is 14.9. The molecule has 1 aromatic heterocycles. The summed E-state index contributed by atoms with van der Waals surface area (Å²) in [6, 6.07) is 10.7. The third-order valence-electron chi connectivity index (χ3n) is 4.18. The SMILES string of the molecule is NS(=O)(=O)c1cc(NC(=O)Cc2ccccc2Cl)ccc1-n1cc(NCC(F)(F)F)cn1. The fraction of sp³-hybridized carbons (Fsp3) is 0.158. The average Bonchev–Trinajstić information content (AvgIpc) is 3.16. The summed E-state index contributed by atoms with van der Waals surface area (Å²) < 4.78 is 62.4. The van der Waals surface area contributed by atoms with Crippen molar-refractivity contribution in [2.75, 3.05) is 17.2 Å². The monoisotopic (exact) mass is 487 g/mol. The van der Waals surface area contributed by atoms with Gasteiger partial charge in [-0.15, -0.1) is 0 Å². The lowest BCUT2D eigenvalue weighted by atomic mass is 10.1. The Morgan fingerprint density at radius 1 is 1.16 bits per heavy atom. The molecule has 3 rings (SSSR count). The molecular formula is C19H17ClF3N5O3S. The van der Waals surface area contributed by atoms with E-state index in [9.17, 15) is 26.4 Å². The molecule has 0 unspecified atom stereocenters. The molecule has 0 aliphatic rings. The highest BCUT2D eigenvalue weighted by atomic mass is 35.5. The van der Waals surface area contributed by atoms with Crippen LogP contribution < -0.4 is 15.8 Å². The molecule has 0 spiro atoms. The molecule has 0 aliphatic carbocycles. The molecule has 0 saturated heterocycles. The predicted octanol–water partition coefficient (Wildman–Crippen LogP) is 3.33. The topological polar surface area (TPSA) is 119 Å². The second kappa shape index (κ2) is 9.18. The Balaban J connectivity index is 1.83. The van der Waals surface area contributed by atoms with Crippen LogP contribution in [0.15, 0.2) is 59.8 Å². The van der Waals surface area contributed by atoms with Crippen LogP contribution in [0.3, 0.4) is 0 Å². The van der Waals surface area contributed by atoms with Crippen molar-refractivity contribution in [2.24, 2.45) is 5.14 Å². The lowest BCUT2D eigenvalue weighted by Crippen LogP contribution is -2.21. The number of benzene rings is 2. The first-order valence-electron chi connectivity index (χ1n) is 8.98. The van der Waals surface area contributed by atoms with E-state index in [1.54, 1.807) is 24.3 Å². The van der Waals surface area contributed by atoms with E-state index in [-0.39, 0.29) is 28.4 Å². The van der Waals surface area contributed by atoms with Gasteiger partial charge >= 0.3 is 6.18 Å². The van der Waals surface area contributed by atoms with Gasteiger partial charge in [0.2, 0.25) is 15.9 Å². The van der Waals surface area contributed by atoms with Gasteiger partial charge in [0.15, 0.2) is 0 Å². The summed E-state index contributed by atoms with van der Waals surface area (Å²) in [5, 5.41) is 14.3. The second-order valence-electron chi connectivity index (χ2n) is 6.69. The molecule has 4 N–H and O–H groups in total. The zero-order chi connectivity index (χ0) is 23.5. The molecule has 0 fully saturated rings. The Labute approximate surface area is 186 Å². The van der Waals surface area contributed by atoms with E-state index >= 15 is 0 Å². The number of aromatic nitrogens is 2. The number of primary sulfonamides is 1. The number of alkyl halides is 3. The normalized spacial score (nSPS) is 11.9. The summed E-state index contributed by atoms with van der Waals surface area (Å²) in [5.74, 6) is -0.441. The minimum absolute atomic E-state index is 0.00309. The second-order valence-corrected chi connectivity index (χ2v) is 8.62. The standard InChI is InChI=1S/C19H17ClF3N5O3S/c20-15-4-2-1-3-12(15)7-18(29)27-13-5-6-16(17(8-13)32(24,30)31)28-10-14(9-26-28)25-11-19(21,22)23/h1-6,8-10,25H,7,11H2,(H,27,29)(H2,24,30,31). The molecule has 0 aliphatic heterocycles. The van der Waals surface area contributed by atoms with E-state index in [0.29, 0.717) is 10.6 Å². The first kappa shape index (κ1) is 23.6. The van der Waals surface area contributed by atoms with E-state index in [1.807, 2.05) is 0 Å². The maximum Gasteiger partial charge on any atom is 0.405 e. The number of nitrogens with one attached hydrogen (secondary N) is 2. The number of carbonyl (C=O) groups is 1. The Hall–Kier alpha value is -3.09. The van der Waals surface area contributed by atoms with Crippen LogP contribution in [0.5, 0.6) is 0 Å². The minimum Gasteiger partial charge on any atom is -0.374 e. The summed E-state index contributed by atoms with van der Waals surface area (Å²) in [5.41, 5.74) is 0.763. The minimum atomic E-state index is -4.43. The van der Waals surface area contributed by atoms with Crippen molar-refractivity contribution >= 4 is 38.9 Å². The molecule has 2 aromatic carbocycles. The highest BCUT2D eigenvalue weighted by Gasteiger charge is 2.27. The number of anilines is 2. The molecular weight excluding hydrogens is 471 g/mol. The van der Waals surface area contributed by atoms with Gasteiger partial charge in [0.1, 0.15) is 11.4 Å². The number of rotatable bonds is 7. The van der Waals surface area contributed by atoms with E-state index in [2.05, 4.69) is 15.7 Å². The molecule has 1 heterocycles. The van der Waals surface area contributed by atoms with Crippen LogP contribution in [0.2, 0.25) is 5.02 Å². The van der Waals surface area contributed by atoms with Crippen LogP contribution in [0.4, 0.5) is 24.5 Å². The lowest BCUT2D eigenvalue weighted by molar-refractivity contribution is -0.116. The first-order valence-corrected chi connectivity index (χ1v) is 10.9. The Bertz CT molecular complexity index is 1250. The predicted molar refractivity (Wildman–Crippen MR) is 113 cm³/mol. The van der Waals surface area contributed by atoms with Gasteiger partial charge in [0.05, 0.1) is 30.2 Å². The van der Waals surface area contributed by atoms with Gasteiger partial charge in [0.25, 0.3) is 0 Å². The van der Waals surface area contributed by atoms with Crippen LogP contribution in [0.25, 0.3) is 5.69 Å². The maximum atomic E-state index is 12.4. The maximum absolute atomic E-state index is 12.4. The van der Waals surface area contributed by atoms with Crippen LogP contribution in [0, 0.1) is 0 Å². The van der Waals surface area contributed by atoms with Gasteiger partial charge in [-0.1, -0.05) is 29.8 Å². The molecule has 1 amide bonds. The van der Waals surface area contributed by atoms with Gasteiger partial charge in [-0.3, -0.25) is 4.79 Å². The molecule has 170 valence electrons. The largest absolute Gasteiger partial charge is 0.405 e. The van der Waals surface area contributed by atoms with Crippen LogP contribution in [-0.2, 0) is 21.2 Å². The van der Waals surface area contributed by atoms with Crippen molar-refractivity contribution in [3.8, 4) is 5.69 Å². The number of halogens is 4. The van der Waals surface area contributed by atoms with Crippen molar-refractivity contribution in [3.63, 3.8) is 0 Å². The van der Waals surface area contributed by atoms with Crippen molar-refractivity contribution in [2.45, 2.75) is 17.5 Å². The molecule has 13 heteroatoms. The van der Waals surface area contributed by atoms with Gasteiger partial charge in [-0.05, 0) is 29.8 Å².